The Morgan fingerprint density at radius 1 is 1.28 bits per heavy atom. The molecule has 0 radical (unpaired) electrons. The molecule has 18 heavy (non-hydrogen) atoms. The lowest BCUT2D eigenvalue weighted by molar-refractivity contribution is 0.403. The number of furan rings is 1. The van der Waals surface area contributed by atoms with E-state index >= 15 is 0 Å². The molecule has 0 aliphatic rings. The first-order valence-electron chi connectivity index (χ1n) is 6.67. The molecule has 0 aliphatic heterocycles. The first-order chi connectivity index (χ1) is 8.76. The van der Waals surface area contributed by atoms with Crippen molar-refractivity contribution >= 4 is 11.0 Å². The van der Waals surface area contributed by atoms with Gasteiger partial charge in [-0.15, -0.1) is 0 Å². The van der Waals surface area contributed by atoms with E-state index in [1.165, 1.54) is 6.07 Å². The number of rotatable bonds is 6. The van der Waals surface area contributed by atoms with E-state index < -0.39 is 0 Å². The van der Waals surface area contributed by atoms with Crippen LogP contribution in [0.1, 0.15) is 44.9 Å². The minimum atomic E-state index is -0.288. The van der Waals surface area contributed by atoms with Gasteiger partial charge in [0.15, 0.2) is 11.4 Å². The summed E-state index contributed by atoms with van der Waals surface area (Å²) in [4.78, 5) is 0. The summed E-state index contributed by atoms with van der Waals surface area (Å²) in [5.74, 6) is 0.551. The van der Waals surface area contributed by atoms with Crippen LogP contribution in [0.4, 0.5) is 4.39 Å². The standard InChI is InChI=1S/C15H20FNO/c1-3-6-13(17-9-4-2)14-10-11-7-5-8-12(16)15(11)18-14/h5,7-8,10,13,17H,3-4,6,9H2,1-2H3. The van der Waals surface area contributed by atoms with Crippen LogP contribution < -0.4 is 5.32 Å². The molecule has 1 heterocycles. The predicted octanol–water partition coefficient (Wildman–Crippen LogP) is 4.41. The number of nitrogens with one attached hydrogen (secondary N) is 1. The fourth-order valence-corrected chi connectivity index (χ4v) is 2.17. The first-order valence-corrected chi connectivity index (χ1v) is 6.67. The lowest BCUT2D eigenvalue weighted by Gasteiger charge is -2.14. The van der Waals surface area contributed by atoms with Gasteiger partial charge in [0.05, 0.1) is 6.04 Å². The van der Waals surface area contributed by atoms with E-state index in [1.54, 1.807) is 6.07 Å². The Bertz CT molecular complexity index is 506. The van der Waals surface area contributed by atoms with Crippen molar-refractivity contribution in [2.75, 3.05) is 6.54 Å². The van der Waals surface area contributed by atoms with Crippen LogP contribution in [0.5, 0.6) is 0 Å². The highest BCUT2D eigenvalue weighted by atomic mass is 19.1. The maximum atomic E-state index is 13.6. The predicted molar refractivity (Wildman–Crippen MR) is 72.1 cm³/mol. The quantitative estimate of drug-likeness (QED) is 0.820. The second-order valence-corrected chi connectivity index (χ2v) is 4.60. The van der Waals surface area contributed by atoms with Crippen LogP contribution >= 0.6 is 0 Å². The molecule has 98 valence electrons. The molecule has 0 aliphatic carbocycles. The molecule has 0 amide bonds. The Kier molecular flexibility index (Phi) is 4.37. The van der Waals surface area contributed by atoms with Crippen molar-refractivity contribution in [1.29, 1.82) is 0 Å². The average Bonchev–Trinajstić information content (AvgIpc) is 2.80. The average molecular weight is 249 g/mol. The number of hydrogen-bond donors (Lipinski definition) is 1. The topological polar surface area (TPSA) is 25.2 Å². The molecule has 2 rings (SSSR count). The Hall–Kier alpha value is -1.35. The Morgan fingerprint density at radius 2 is 2.11 bits per heavy atom. The molecule has 1 unspecified atom stereocenters. The van der Waals surface area contributed by atoms with Crippen molar-refractivity contribution in [2.24, 2.45) is 0 Å². The largest absolute Gasteiger partial charge is 0.456 e. The molecule has 3 heteroatoms. The van der Waals surface area contributed by atoms with Gasteiger partial charge in [-0.05, 0) is 31.5 Å². The van der Waals surface area contributed by atoms with E-state index in [1.807, 2.05) is 12.1 Å². The number of para-hydroxylation sites is 1. The van der Waals surface area contributed by atoms with Crippen molar-refractivity contribution in [3.8, 4) is 0 Å². The van der Waals surface area contributed by atoms with E-state index in [9.17, 15) is 4.39 Å². The summed E-state index contributed by atoms with van der Waals surface area (Å²) in [6.07, 6.45) is 3.15. The third-order valence-electron chi connectivity index (χ3n) is 3.08. The lowest BCUT2D eigenvalue weighted by atomic mass is 10.1. The number of benzene rings is 1. The molecule has 0 saturated heterocycles. The highest BCUT2D eigenvalue weighted by Gasteiger charge is 2.16. The molecule has 0 spiro atoms. The smallest absolute Gasteiger partial charge is 0.169 e. The summed E-state index contributed by atoms with van der Waals surface area (Å²) in [7, 11) is 0. The molecule has 0 saturated carbocycles. The van der Waals surface area contributed by atoms with Crippen molar-refractivity contribution in [2.45, 2.75) is 39.2 Å². The summed E-state index contributed by atoms with van der Waals surface area (Å²) in [6.45, 7) is 5.22. The van der Waals surface area contributed by atoms with Gasteiger partial charge >= 0.3 is 0 Å². The van der Waals surface area contributed by atoms with Crippen molar-refractivity contribution < 1.29 is 8.81 Å². The number of hydrogen-bond acceptors (Lipinski definition) is 2. The van der Waals surface area contributed by atoms with Gasteiger partial charge in [0.1, 0.15) is 5.76 Å². The van der Waals surface area contributed by atoms with Gasteiger partial charge in [0.25, 0.3) is 0 Å². The van der Waals surface area contributed by atoms with Crippen LogP contribution in [0.3, 0.4) is 0 Å². The van der Waals surface area contributed by atoms with Gasteiger partial charge in [-0.3, -0.25) is 0 Å². The van der Waals surface area contributed by atoms with E-state index in [0.29, 0.717) is 5.58 Å². The third-order valence-corrected chi connectivity index (χ3v) is 3.08. The van der Waals surface area contributed by atoms with Gasteiger partial charge in [0, 0.05) is 5.39 Å². The van der Waals surface area contributed by atoms with Gasteiger partial charge < -0.3 is 9.73 Å². The minimum absolute atomic E-state index is 0.182. The molecule has 0 fully saturated rings. The van der Waals surface area contributed by atoms with Gasteiger partial charge in [-0.25, -0.2) is 4.39 Å². The SMILES string of the molecule is CCCNC(CCC)c1cc2cccc(F)c2o1. The number of halogens is 1. The summed E-state index contributed by atoms with van der Waals surface area (Å²) in [5.41, 5.74) is 0.368. The normalized spacial score (nSPS) is 13.1. The zero-order valence-electron chi connectivity index (χ0n) is 11.0. The summed E-state index contributed by atoms with van der Waals surface area (Å²) >= 11 is 0. The maximum absolute atomic E-state index is 13.6. The molecule has 2 nitrogen and oxygen atoms in total. The van der Waals surface area contributed by atoms with Crippen LogP contribution in [0.15, 0.2) is 28.7 Å². The summed E-state index contributed by atoms with van der Waals surface area (Å²) in [5, 5.41) is 4.29. The fourth-order valence-electron chi connectivity index (χ4n) is 2.17. The van der Waals surface area contributed by atoms with Crippen molar-refractivity contribution in [1.82, 2.24) is 5.32 Å². The molecular formula is C15H20FNO. The maximum Gasteiger partial charge on any atom is 0.169 e. The summed E-state index contributed by atoms with van der Waals surface area (Å²) < 4.78 is 19.3. The monoisotopic (exact) mass is 249 g/mol. The minimum Gasteiger partial charge on any atom is -0.456 e. The second-order valence-electron chi connectivity index (χ2n) is 4.60. The Balaban J connectivity index is 2.29. The van der Waals surface area contributed by atoms with E-state index in [2.05, 4.69) is 19.2 Å². The molecule has 1 aromatic carbocycles. The highest BCUT2D eigenvalue weighted by molar-refractivity contribution is 5.78. The van der Waals surface area contributed by atoms with E-state index in [-0.39, 0.29) is 11.9 Å². The van der Waals surface area contributed by atoms with Crippen molar-refractivity contribution in [3.63, 3.8) is 0 Å². The van der Waals surface area contributed by atoms with Gasteiger partial charge in [-0.2, -0.15) is 0 Å². The van der Waals surface area contributed by atoms with Crippen LogP contribution in [-0.4, -0.2) is 6.54 Å². The summed E-state index contributed by atoms with van der Waals surface area (Å²) in [6, 6.07) is 7.16. The second kappa shape index (κ2) is 6.01. The fraction of sp³-hybridized carbons (Fsp3) is 0.467. The molecule has 1 N–H and O–H groups in total. The molecule has 2 aromatic rings. The van der Waals surface area contributed by atoms with Crippen LogP contribution in [0.2, 0.25) is 0 Å². The van der Waals surface area contributed by atoms with Gasteiger partial charge in [0.2, 0.25) is 0 Å². The van der Waals surface area contributed by atoms with Crippen LogP contribution in [0.25, 0.3) is 11.0 Å². The Labute approximate surface area is 107 Å². The number of fused-ring (bicyclic) bond motifs is 1. The zero-order chi connectivity index (χ0) is 13.0. The molecule has 1 atom stereocenters. The lowest BCUT2D eigenvalue weighted by Crippen LogP contribution is -2.21. The highest BCUT2D eigenvalue weighted by Crippen LogP contribution is 2.28. The third kappa shape index (κ3) is 2.72. The van der Waals surface area contributed by atoms with Crippen LogP contribution in [0, 0.1) is 5.82 Å². The zero-order valence-corrected chi connectivity index (χ0v) is 11.0. The first kappa shape index (κ1) is 13.1. The van der Waals surface area contributed by atoms with E-state index in [4.69, 9.17) is 4.42 Å². The molecule has 0 bridgehead atoms. The van der Waals surface area contributed by atoms with Crippen LogP contribution in [-0.2, 0) is 0 Å². The Morgan fingerprint density at radius 3 is 2.78 bits per heavy atom. The van der Waals surface area contributed by atoms with E-state index in [0.717, 1.165) is 37.0 Å². The molecular weight excluding hydrogens is 229 g/mol. The van der Waals surface area contributed by atoms with Gasteiger partial charge in [-0.1, -0.05) is 32.4 Å². The molecule has 1 aromatic heterocycles. The van der Waals surface area contributed by atoms with Crippen molar-refractivity contribution in [3.05, 3.63) is 35.8 Å².